The van der Waals surface area contributed by atoms with Gasteiger partial charge >= 0.3 is 0 Å². The van der Waals surface area contributed by atoms with E-state index in [1.807, 2.05) is 0 Å². The minimum Gasteiger partial charge on any atom is -0.292 e. The zero-order valence-electron chi connectivity index (χ0n) is 7.10. The summed E-state index contributed by atoms with van der Waals surface area (Å²) < 4.78 is 0. The van der Waals surface area contributed by atoms with Gasteiger partial charge in [0.1, 0.15) is 0 Å². The summed E-state index contributed by atoms with van der Waals surface area (Å²) in [7, 11) is 0. The van der Waals surface area contributed by atoms with Crippen LogP contribution in [0.2, 0.25) is 0 Å². The van der Waals surface area contributed by atoms with Crippen molar-refractivity contribution in [3.63, 3.8) is 0 Å². The van der Waals surface area contributed by atoms with E-state index in [-0.39, 0.29) is 0 Å². The minimum atomic E-state index is 0.329. The molecule has 3 fully saturated rings. The molecule has 0 N–H and O–H groups in total. The first-order valence-electron chi connectivity index (χ1n) is 4.69. The van der Waals surface area contributed by atoms with Gasteiger partial charge in [-0.2, -0.15) is 5.06 Å². The van der Waals surface area contributed by atoms with Crippen molar-refractivity contribution in [3.05, 3.63) is 0 Å². The largest absolute Gasteiger partial charge is 0.292 e. The van der Waals surface area contributed by atoms with Crippen molar-refractivity contribution in [2.75, 3.05) is 6.54 Å². The third-order valence-electron chi connectivity index (χ3n) is 3.49. The second-order valence-corrected chi connectivity index (χ2v) is 4.65. The van der Waals surface area contributed by atoms with Crippen molar-refractivity contribution in [1.29, 1.82) is 0 Å². The van der Waals surface area contributed by atoms with Crippen molar-refractivity contribution in [2.45, 2.75) is 50.2 Å². The van der Waals surface area contributed by atoms with Gasteiger partial charge in [0.15, 0.2) is 0 Å². The van der Waals surface area contributed by atoms with Crippen LogP contribution in [0.5, 0.6) is 0 Å². The maximum atomic E-state index is 5.92. The van der Waals surface area contributed by atoms with Crippen LogP contribution in [0.1, 0.15) is 39.0 Å². The topological polar surface area (TPSA) is 12.5 Å². The predicted molar refractivity (Wildman–Crippen MR) is 42.0 cm³/mol. The highest BCUT2D eigenvalue weighted by Crippen LogP contribution is 2.56. The van der Waals surface area contributed by atoms with Gasteiger partial charge < -0.3 is 0 Å². The molecule has 1 spiro atoms. The first kappa shape index (κ1) is 6.44. The first-order chi connectivity index (χ1) is 5.23. The Morgan fingerprint density at radius 3 is 2.73 bits per heavy atom. The molecule has 0 aromatic rings. The van der Waals surface area contributed by atoms with Crippen LogP contribution in [0.15, 0.2) is 0 Å². The monoisotopic (exact) mass is 153 g/mol. The Labute approximate surface area is 67.5 Å². The van der Waals surface area contributed by atoms with Crippen molar-refractivity contribution in [3.8, 4) is 0 Å². The van der Waals surface area contributed by atoms with Gasteiger partial charge in [-0.25, -0.2) is 0 Å². The Balaban J connectivity index is 1.90. The van der Waals surface area contributed by atoms with E-state index in [0.717, 1.165) is 6.54 Å². The zero-order chi connectivity index (χ0) is 7.53. The van der Waals surface area contributed by atoms with Gasteiger partial charge in [0, 0.05) is 12.1 Å². The molecule has 1 unspecified atom stereocenters. The second-order valence-electron chi connectivity index (χ2n) is 4.65. The van der Waals surface area contributed by atoms with Crippen LogP contribution >= 0.6 is 0 Å². The Kier molecular flexibility index (Phi) is 0.961. The van der Waals surface area contributed by atoms with Crippen LogP contribution in [0.4, 0.5) is 0 Å². The van der Waals surface area contributed by atoms with E-state index in [4.69, 9.17) is 4.84 Å². The summed E-state index contributed by atoms with van der Waals surface area (Å²) in [5.41, 5.74) is 0.742. The molecule has 62 valence electrons. The van der Waals surface area contributed by atoms with E-state index in [1.165, 1.54) is 32.1 Å². The molecule has 2 heterocycles. The predicted octanol–water partition coefficient (Wildman–Crippen LogP) is 1.71. The van der Waals surface area contributed by atoms with Crippen LogP contribution in [-0.4, -0.2) is 22.7 Å². The summed E-state index contributed by atoms with van der Waals surface area (Å²) in [6.07, 6.45) is 6.57. The summed E-state index contributed by atoms with van der Waals surface area (Å²) in [4.78, 5) is 5.92. The first-order valence-corrected chi connectivity index (χ1v) is 4.69. The molecule has 2 aliphatic heterocycles. The second kappa shape index (κ2) is 1.64. The summed E-state index contributed by atoms with van der Waals surface area (Å²) in [6.45, 7) is 3.52. The molecule has 2 nitrogen and oxygen atoms in total. The Morgan fingerprint density at radius 2 is 2.09 bits per heavy atom. The quantitative estimate of drug-likeness (QED) is 0.525. The summed E-state index contributed by atoms with van der Waals surface area (Å²) in [5, 5.41) is 2.25. The molecular formula is C9H15NO. The van der Waals surface area contributed by atoms with Gasteiger partial charge in [-0.3, -0.25) is 4.84 Å². The minimum absolute atomic E-state index is 0.329. The van der Waals surface area contributed by atoms with Crippen LogP contribution in [0.25, 0.3) is 0 Å². The number of fused-ring (bicyclic) bond motifs is 1. The van der Waals surface area contributed by atoms with Crippen molar-refractivity contribution >= 4 is 0 Å². The van der Waals surface area contributed by atoms with Gasteiger partial charge in [0.25, 0.3) is 0 Å². The number of hydrogen-bond acceptors (Lipinski definition) is 2. The smallest absolute Gasteiger partial charge is 0.0920 e. The molecule has 1 saturated carbocycles. The molecule has 2 saturated heterocycles. The average Bonchev–Trinajstić information content (AvgIpc) is 2.47. The highest BCUT2D eigenvalue weighted by molar-refractivity contribution is 5.08. The molecular weight excluding hydrogens is 138 g/mol. The molecule has 0 amide bonds. The highest BCUT2D eigenvalue weighted by Gasteiger charge is 2.60. The normalized spacial score (nSPS) is 46.6. The van der Waals surface area contributed by atoms with E-state index in [2.05, 4.69) is 12.0 Å². The van der Waals surface area contributed by atoms with E-state index >= 15 is 0 Å². The van der Waals surface area contributed by atoms with E-state index in [9.17, 15) is 0 Å². The molecule has 2 heteroatoms. The molecule has 3 aliphatic rings. The number of hydrogen-bond donors (Lipinski definition) is 0. The molecule has 0 aromatic heterocycles. The maximum absolute atomic E-state index is 5.92. The lowest BCUT2D eigenvalue weighted by Gasteiger charge is -2.23. The Bertz CT molecular complexity index is 200. The van der Waals surface area contributed by atoms with E-state index < -0.39 is 0 Å². The standard InChI is InChI=1S/C9H15NO/c1-8-3-2-6-10(8)11-9(7-8)4-5-9/h2-7H2,1H3. The molecule has 3 rings (SSSR count). The van der Waals surface area contributed by atoms with Gasteiger partial charge in [0.05, 0.1) is 5.60 Å². The molecule has 11 heavy (non-hydrogen) atoms. The third kappa shape index (κ3) is 0.744. The summed E-state index contributed by atoms with van der Waals surface area (Å²) >= 11 is 0. The van der Waals surface area contributed by atoms with Crippen molar-refractivity contribution in [1.82, 2.24) is 5.06 Å². The van der Waals surface area contributed by atoms with Crippen LogP contribution < -0.4 is 0 Å². The molecule has 1 aliphatic carbocycles. The SMILES string of the molecule is CC12CCCN1OC1(CC1)C2. The van der Waals surface area contributed by atoms with Crippen LogP contribution in [-0.2, 0) is 4.84 Å². The van der Waals surface area contributed by atoms with Crippen molar-refractivity contribution < 1.29 is 4.84 Å². The van der Waals surface area contributed by atoms with Gasteiger partial charge in [-0.05, 0) is 39.0 Å². The maximum Gasteiger partial charge on any atom is 0.0920 e. The lowest BCUT2D eigenvalue weighted by atomic mass is 9.93. The van der Waals surface area contributed by atoms with Crippen LogP contribution in [0.3, 0.4) is 0 Å². The zero-order valence-corrected chi connectivity index (χ0v) is 7.10. The molecule has 0 bridgehead atoms. The number of hydroxylamine groups is 2. The fourth-order valence-corrected chi connectivity index (χ4v) is 2.70. The van der Waals surface area contributed by atoms with Gasteiger partial charge in [-0.1, -0.05) is 0 Å². The fourth-order valence-electron chi connectivity index (χ4n) is 2.70. The Morgan fingerprint density at radius 1 is 1.27 bits per heavy atom. The molecule has 1 atom stereocenters. The summed E-state index contributed by atoms with van der Waals surface area (Å²) in [6, 6.07) is 0. The van der Waals surface area contributed by atoms with Gasteiger partial charge in [-0.15, -0.1) is 0 Å². The van der Waals surface area contributed by atoms with Gasteiger partial charge in [0.2, 0.25) is 0 Å². The van der Waals surface area contributed by atoms with E-state index in [1.54, 1.807) is 0 Å². The molecule has 0 radical (unpaired) electrons. The van der Waals surface area contributed by atoms with Crippen molar-refractivity contribution in [2.24, 2.45) is 0 Å². The number of rotatable bonds is 0. The molecule has 0 aromatic carbocycles. The lowest BCUT2D eigenvalue weighted by Crippen LogP contribution is -2.33. The average molecular weight is 153 g/mol. The Hall–Kier alpha value is -0.0800. The fraction of sp³-hybridized carbons (Fsp3) is 1.00. The lowest BCUT2D eigenvalue weighted by molar-refractivity contribution is -0.175. The summed E-state index contributed by atoms with van der Waals surface area (Å²) in [5.74, 6) is 0. The van der Waals surface area contributed by atoms with Crippen LogP contribution in [0, 0.1) is 0 Å². The highest BCUT2D eigenvalue weighted by atomic mass is 16.7. The van der Waals surface area contributed by atoms with E-state index in [0.29, 0.717) is 11.1 Å². The number of nitrogens with zero attached hydrogens (tertiary/aromatic N) is 1. The third-order valence-corrected chi connectivity index (χ3v) is 3.49.